The van der Waals surface area contributed by atoms with Crippen molar-refractivity contribution in [1.82, 2.24) is 5.32 Å². The molecule has 1 aliphatic rings. The van der Waals surface area contributed by atoms with Crippen LogP contribution in [0.1, 0.15) is 35.6 Å². The van der Waals surface area contributed by atoms with Crippen LogP contribution in [0, 0.1) is 13.8 Å². The van der Waals surface area contributed by atoms with Crippen molar-refractivity contribution in [3.05, 3.63) is 33.8 Å². The lowest BCUT2D eigenvalue weighted by atomic mass is 9.98. The molecule has 0 bridgehead atoms. The number of halogens is 1. The summed E-state index contributed by atoms with van der Waals surface area (Å²) in [5, 5.41) is 4.40. The Morgan fingerprint density at radius 2 is 2.07 bits per heavy atom. The molecular weight excluding hydrogens is 194 g/mol. The molecule has 1 unspecified atom stereocenters. The Bertz CT molecular complexity index is 340. The lowest BCUT2D eigenvalue weighted by Crippen LogP contribution is -2.14. The predicted octanol–water partition coefficient (Wildman–Crippen LogP) is 3.38. The average molecular weight is 210 g/mol. The molecule has 1 N–H and O–H groups in total. The summed E-state index contributed by atoms with van der Waals surface area (Å²) in [6.07, 6.45) is 2.54. The molecule has 1 atom stereocenters. The first-order chi connectivity index (χ1) is 6.68. The third-order valence-corrected chi connectivity index (χ3v) is 3.39. The van der Waals surface area contributed by atoms with Gasteiger partial charge in [0.2, 0.25) is 0 Å². The van der Waals surface area contributed by atoms with Crippen LogP contribution in [0.5, 0.6) is 0 Å². The van der Waals surface area contributed by atoms with E-state index in [0.717, 1.165) is 11.6 Å². The second-order valence-electron chi connectivity index (χ2n) is 4.11. The topological polar surface area (TPSA) is 12.0 Å². The van der Waals surface area contributed by atoms with Gasteiger partial charge in [0, 0.05) is 11.1 Å². The summed E-state index contributed by atoms with van der Waals surface area (Å²) >= 11 is 6.07. The van der Waals surface area contributed by atoms with Gasteiger partial charge in [0.1, 0.15) is 0 Å². The van der Waals surface area contributed by atoms with Crippen LogP contribution >= 0.6 is 11.6 Å². The van der Waals surface area contributed by atoms with Crippen LogP contribution in [0.3, 0.4) is 0 Å². The predicted molar refractivity (Wildman–Crippen MR) is 60.9 cm³/mol. The number of hydrogen-bond acceptors (Lipinski definition) is 1. The minimum absolute atomic E-state index is 0.547. The minimum Gasteiger partial charge on any atom is -0.310 e. The van der Waals surface area contributed by atoms with E-state index in [4.69, 9.17) is 11.6 Å². The molecule has 0 saturated carbocycles. The highest BCUT2D eigenvalue weighted by Crippen LogP contribution is 2.29. The fourth-order valence-electron chi connectivity index (χ4n) is 2.13. The Balaban J connectivity index is 2.37. The number of nitrogens with one attached hydrogen (secondary N) is 1. The summed E-state index contributed by atoms with van der Waals surface area (Å²) in [7, 11) is 0. The third kappa shape index (κ3) is 1.79. The largest absolute Gasteiger partial charge is 0.310 e. The third-order valence-electron chi connectivity index (χ3n) is 2.98. The molecule has 0 spiro atoms. The summed E-state index contributed by atoms with van der Waals surface area (Å²) in [5.41, 5.74) is 3.91. The van der Waals surface area contributed by atoms with Gasteiger partial charge in [-0.3, -0.25) is 0 Å². The van der Waals surface area contributed by atoms with Gasteiger partial charge in [-0.25, -0.2) is 0 Å². The van der Waals surface area contributed by atoms with Gasteiger partial charge in [0.05, 0.1) is 0 Å². The molecule has 14 heavy (non-hydrogen) atoms. The maximum Gasteiger partial charge on any atom is 0.0438 e. The average Bonchev–Trinajstić information content (AvgIpc) is 2.64. The molecule has 1 aliphatic heterocycles. The van der Waals surface area contributed by atoms with Crippen molar-refractivity contribution in [3.63, 3.8) is 0 Å². The lowest BCUT2D eigenvalue weighted by Gasteiger charge is -2.15. The van der Waals surface area contributed by atoms with E-state index in [2.05, 4.69) is 31.3 Å². The van der Waals surface area contributed by atoms with Crippen molar-refractivity contribution < 1.29 is 0 Å². The first kappa shape index (κ1) is 10.0. The maximum atomic E-state index is 6.07. The molecule has 1 nitrogen and oxygen atoms in total. The SMILES string of the molecule is Cc1cc(C2CCCN2)c(C)cc1Cl. The number of aryl methyl sites for hydroxylation is 2. The molecule has 2 rings (SSSR count). The molecule has 2 heteroatoms. The van der Waals surface area contributed by atoms with Crippen LogP contribution < -0.4 is 5.32 Å². The summed E-state index contributed by atoms with van der Waals surface area (Å²) in [6, 6.07) is 4.85. The van der Waals surface area contributed by atoms with E-state index in [9.17, 15) is 0 Å². The van der Waals surface area contributed by atoms with E-state index in [1.165, 1.54) is 29.5 Å². The van der Waals surface area contributed by atoms with Crippen molar-refractivity contribution in [1.29, 1.82) is 0 Å². The molecule has 1 aromatic rings. The molecule has 1 saturated heterocycles. The molecule has 0 radical (unpaired) electrons. The van der Waals surface area contributed by atoms with E-state index in [1.54, 1.807) is 0 Å². The van der Waals surface area contributed by atoms with Gasteiger partial charge in [0.15, 0.2) is 0 Å². The Hall–Kier alpha value is -0.530. The van der Waals surface area contributed by atoms with Gasteiger partial charge in [-0.1, -0.05) is 17.7 Å². The smallest absolute Gasteiger partial charge is 0.0438 e. The fraction of sp³-hybridized carbons (Fsp3) is 0.500. The van der Waals surface area contributed by atoms with Crippen LogP contribution in [-0.2, 0) is 0 Å². The van der Waals surface area contributed by atoms with Gasteiger partial charge >= 0.3 is 0 Å². The Morgan fingerprint density at radius 3 is 2.71 bits per heavy atom. The maximum absolute atomic E-state index is 6.07. The summed E-state index contributed by atoms with van der Waals surface area (Å²) in [5.74, 6) is 0. The minimum atomic E-state index is 0.547. The van der Waals surface area contributed by atoms with Crippen LogP contribution in [0.25, 0.3) is 0 Å². The molecule has 1 aromatic carbocycles. The summed E-state index contributed by atoms with van der Waals surface area (Å²) in [6.45, 7) is 5.35. The first-order valence-corrected chi connectivity index (χ1v) is 5.56. The second-order valence-corrected chi connectivity index (χ2v) is 4.51. The van der Waals surface area contributed by atoms with Crippen LogP contribution in [0.4, 0.5) is 0 Å². The van der Waals surface area contributed by atoms with E-state index >= 15 is 0 Å². The Morgan fingerprint density at radius 1 is 1.29 bits per heavy atom. The van der Waals surface area contributed by atoms with Gasteiger partial charge in [-0.2, -0.15) is 0 Å². The monoisotopic (exact) mass is 209 g/mol. The zero-order valence-electron chi connectivity index (χ0n) is 8.73. The molecular formula is C12H16ClN. The van der Waals surface area contributed by atoms with Gasteiger partial charge < -0.3 is 5.32 Å². The van der Waals surface area contributed by atoms with E-state index in [1.807, 2.05) is 0 Å². The van der Waals surface area contributed by atoms with Gasteiger partial charge in [0.25, 0.3) is 0 Å². The van der Waals surface area contributed by atoms with E-state index in [0.29, 0.717) is 6.04 Å². The highest BCUT2D eigenvalue weighted by atomic mass is 35.5. The normalized spacial score (nSPS) is 21.5. The molecule has 0 aromatic heterocycles. The second kappa shape index (κ2) is 3.92. The van der Waals surface area contributed by atoms with E-state index < -0.39 is 0 Å². The number of rotatable bonds is 1. The van der Waals surface area contributed by atoms with Gasteiger partial charge in [-0.05, 0) is 56.0 Å². The Kier molecular flexibility index (Phi) is 2.80. The van der Waals surface area contributed by atoms with Crippen LogP contribution in [0.15, 0.2) is 12.1 Å². The zero-order chi connectivity index (χ0) is 10.1. The highest BCUT2D eigenvalue weighted by Gasteiger charge is 2.18. The van der Waals surface area contributed by atoms with E-state index in [-0.39, 0.29) is 0 Å². The molecule has 0 amide bonds. The van der Waals surface area contributed by atoms with Crippen molar-refractivity contribution in [2.75, 3.05) is 6.54 Å². The number of hydrogen-bond donors (Lipinski definition) is 1. The zero-order valence-corrected chi connectivity index (χ0v) is 9.49. The van der Waals surface area contributed by atoms with Gasteiger partial charge in [-0.15, -0.1) is 0 Å². The highest BCUT2D eigenvalue weighted by molar-refractivity contribution is 6.31. The molecule has 1 heterocycles. The Labute approximate surface area is 90.5 Å². The lowest BCUT2D eigenvalue weighted by molar-refractivity contribution is 0.643. The number of benzene rings is 1. The summed E-state index contributed by atoms with van der Waals surface area (Å²) < 4.78 is 0. The molecule has 76 valence electrons. The standard InChI is InChI=1S/C12H16ClN/c1-8-7-11(13)9(2)6-10(8)12-4-3-5-14-12/h6-7,12,14H,3-5H2,1-2H3. The molecule has 1 fully saturated rings. The van der Waals surface area contributed by atoms with Crippen molar-refractivity contribution in [2.45, 2.75) is 32.7 Å². The quantitative estimate of drug-likeness (QED) is 0.748. The van der Waals surface area contributed by atoms with Crippen LogP contribution in [0.2, 0.25) is 5.02 Å². The summed E-state index contributed by atoms with van der Waals surface area (Å²) in [4.78, 5) is 0. The van der Waals surface area contributed by atoms with Crippen LogP contribution in [-0.4, -0.2) is 6.54 Å². The van der Waals surface area contributed by atoms with Crippen molar-refractivity contribution in [2.24, 2.45) is 0 Å². The molecule has 0 aliphatic carbocycles. The fourth-order valence-corrected chi connectivity index (χ4v) is 2.35. The van der Waals surface area contributed by atoms with Crippen molar-refractivity contribution >= 4 is 11.6 Å². The van der Waals surface area contributed by atoms with Crippen molar-refractivity contribution in [3.8, 4) is 0 Å². The first-order valence-electron chi connectivity index (χ1n) is 5.18.